The Morgan fingerprint density at radius 2 is 1.64 bits per heavy atom. The lowest BCUT2D eigenvalue weighted by molar-refractivity contribution is 0.0950. The van der Waals surface area contributed by atoms with Crippen LogP contribution in [0.5, 0.6) is 0 Å². The number of nitrogens with zero attached hydrogens (tertiary/aromatic N) is 4. The number of carbonyl (C=O) groups excluding carboxylic acids is 1. The molecule has 1 N–H and O–H groups in total. The Bertz CT molecular complexity index is 1300. The zero-order valence-electron chi connectivity index (χ0n) is 21.6. The highest BCUT2D eigenvalue weighted by Crippen LogP contribution is 2.25. The van der Waals surface area contributed by atoms with Crippen molar-refractivity contribution in [3.63, 3.8) is 0 Å². The molecule has 0 atom stereocenters. The maximum Gasteiger partial charge on any atom is 0.253 e. The molecule has 0 saturated carbocycles. The largest absolute Gasteiger partial charge is 0.353 e. The van der Waals surface area contributed by atoms with E-state index in [1.807, 2.05) is 18.2 Å². The Morgan fingerprint density at radius 1 is 0.949 bits per heavy atom. The molecule has 6 nitrogen and oxygen atoms in total. The second-order valence-corrected chi connectivity index (χ2v) is 11.7. The number of amides is 1. The van der Waals surface area contributed by atoms with Gasteiger partial charge >= 0.3 is 0 Å². The van der Waals surface area contributed by atoms with Crippen molar-refractivity contribution in [3.8, 4) is 0 Å². The van der Waals surface area contributed by atoms with Gasteiger partial charge in [-0.15, -0.1) is 0 Å². The van der Waals surface area contributed by atoms with E-state index in [1.54, 1.807) is 6.20 Å². The molecule has 3 heterocycles. The van der Waals surface area contributed by atoms with Gasteiger partial charge < -0.3 is 10.2 Å². The van der Waals surface area contributed by atoms with Gasteiger partial charge in [-0.25, -0.2) is 13.8 Å². The molecule has 2 aromatic carbocycles. The quantitative estimate of drug-likeness (QED) is 0.346. The van der Waals surface area contributed by atoms with Crippen LogP contribution in [-0.2, 0) is 13.1 Å². The van der Waals surface area contributed by atoms with Crippen LogP contribution in [0.2, 0.25) is 5.02 Å². The van der Waals surface area contributed by atoms with Crippen molar-refractivity contribution < 1.29 is 13.6 Å². The minimum absolute atomic E-state index is 0.108. The summed E-state index contributed by atoms with van der Waals surface area (Å²) in [4.78, 5) is 24.7. The third-order valence-corrected chi connectivity index (χ3v) is 8.57. The van der Waals surface area contributed by atoms with Gasteiger partial charge in [0.2, 0.25) is 0 Å². The summed E-state index contributed by atoms with van der Waals surface area (Å²) in [7, 11) is 0. The number of anilines is 1. The SMILES string of the molecule is O=C(NCc1ccc(F)c(F)c1)c1cnc(N2CCN(C3CCN(Cc4ccc(Cl)cc4)CC3)CC2)c(I)c1. The zero-order chi connectivity index (χ0) is 27.4. The summed E-state index contributed by atoms with van der Waals surface area (Å²) in [6, 6.07) is 14.2. The number of halogens is 4. The summed E-state index contributed by atoms with van der Waals surface area (Å²) in [5.74, 6) is -1.24. The van der Waals surface area contributed by atoms with Crippen LogP contribution in [0.1, 0.15) is 34.3 Å². The van der Waals surface area contributed by atoms with Gasteiger partial charge in [0.25, 0.3) is 5.91 Å². The van der Waals surface area contributed by atoms with Gasteiger partial charge in [-0.1, -0.05) is 29.8 Å². The van der Waals surface area contributed by atoms with E-state index in [2.05, 4.69) is 59.7 Å². The Morgan fingerprint density at radius 3 is 2.31 bits per heavy atom. The van der Waals surface area contributed by atoms with E-state index in [-0.39, 0.29) is 12.5 Å². The molecule has 2 aliphatic rings. The first kappa shape index (κ1) is 28.2. The van der Waals surface area contributed by atoms with E-state index in [0.29, 0.717) is 17.2 Å². The number of piperidine rings is 1. The lowest BCUT2D eigenvalue weighted by Gasteiger charge is -2.43. The van der Waals surface area contributed by atoms with Crippen LogP contribution in [0.4, 0.5) is 14.6 Å². The average Bonchev–Trinajstić information content (AvgIpc) is 2.95. The summed E-state index contributed by atoms with van der Waals surface area (Å²) in [5, 5.41) is 3.53. The minimum Gasteiger partial charge on any atom is -0.353 e. The number of aromatic nitrogens is 1. The predicted octanol–water partition coefficient (Wildman–Crippen LogP) is 5.33. The van der Waals surface area contributed by atoms with Crippen LogP contribution < -0.4 is 10.2 Å². The molecule has 5 rings (SSSR count). The van der Waals surface area contributed by atoms with E-state index < -0.39 is 11.6 Å². The van der Waals surface area contributed by atoms with Crippen molar-refractivity contribution in [3.05, 3.63) is 91.6 Å². The maximum absolute atomic E-state index is 13.4. The van der Waals surface area contributed by atoms with Crippen molar-refractivity contribution >= 4 is 45.9 Å². The van der Waals surface area contributed by atoms with Crippen LogP contribution in [0.25, 0.3) is 0 Å². The molecule has 0 unspecified atom stereocenters. The number of pyridine rings is 1. The molecule has 2 aliphatic heterocycles. The lowest BCUT2D eigenvalue weighted by Crippen LogP contribution is -2.53. The highest BCUT2D eigenvalue weighted by atomic mass is 127. The molecule has 39 heavy (non-hydrogen) atoms. The van der Waals surface area contributed by atoms with E-state index in [0.717, 1.165) is 72.4 Å². The van der Waals surface area contributed by atoms with Gasteiger partial charge in [0.1, 0.15) is 5.82 Å². The number of likely N-dealkylation sites (tertiary alicyclic amines) is 1. The lowest BCUT2D eigenvalue weighted by atomic mass is 10.0. The number of rotatable bonds is 7. The highest BCUT2D eigenvalue weighted by Gasteiger charge is 2.28. The topological polar surface area (TPSA) is 51.7 Å². The summed E-state index contributed by atoms with van der Waals surface area (Å²) >= 11 is 8.24. The molecular formula is C29H31ClF2IN5O. The second-order valence-electron chi connectivity index (χ2n) is 10.1. The Kier molecular flexibility index (Phi) is 9.32. The van der Waals surface area contributed by atoms with Gasteiger partial charge in [-0.05, 0) is 90.0 Å². The standard InChI is InChI=1S/C29H31ClF2IN5O/c30-23-4-1-20(2-5-23)19-36-9-7-24(8-10-36)37-11-13-38(14-12-37)28-27(33)16-22(18-34-28)29(39)35-17-21-3-6-25(31)26(32)15-21/h1-6,15-16,18,24H,7-14,17,19H2,(H,35,39). The fraction of sp³-hybridized carbons (Fsp3) is 0.379. The average molecular weight is 666 g/mol. The van der Waals surface area contributed by atoms with Gasteiger partial charge in [-0.3, -0.25) is 14.6 Å². The Labute approximate surface area is 246 Å². The zero-order valence-corrected chi connectivity index (χ0v) is 24.5. The summed E-state index contributed by atoms with van der Waals surface area (Å²) in [5.41, 5.74) is 2.24. The van der Waals surface area contributed by atoms with Gasteiger partial charge in [-0.2, -0.15) is 0 Å². The highest BCUT2D eigenvalue weighted by molar-refractivity contribution is 14.1. The van der Waals surface area contributed by atoms with E-state index in [9.17, 15) is 13.6 Å². The fourth-order valence-corrected chi connectivity index (χ4v) is 6.25. The number of benzene rings is 2. The molecule has 206 valence electrons. The minimum atomic E-state index is -0.929. The van der Waals surface area contributed by atoms with Gasteiger partial charge in [0, 0.05) is 56.5 Å². The van der Waals surface area contributed by atoms with Gasteiger partial charge in [0.05, 0.1) is 9.13 Å². The van der Waals surface area contributed by atoms with Crippen LogP contribution in [0.3, 0.4) is 0 Å². The number of hydrogen-bond acceptors (Lipinski definition) is 5. The molecule has 0 spiro atoms. The molecule has 3 aromatic rings. The van der Waals surface area contributed by atoms with Crippen molar-refractivity contribution in [2.45, 2.75) is 32.0 Å². The normalized spacial score (nSPS) is 17.4. The fourth-order valence-electron chi connectivity index (χ4n) is 5.31. The third kappa shape index (κ3) is 7.25. The number of hydrogen-bond donors (Lipinski definition) is 1. The van der Waals surface area contributed by atoms with Crippen LogP contribution in [0.15, 0.2) is 54.7 Å². The second kappa shape index (κ2) is 12.9. The molecule has 10 heteroatoms. The van der Waals surface area contributed by atoms with Crippen LogP contribution in [0, 0.1) is 15.2 Å². The van der Waals surface area contributed by atoms with Crippen LogP contribution in [-0.4, -0.2) is 66.0 Å². The molecule has 0 bridgehead atoms. The van der Waals surface area contributed by atoms with E-state index >= 15 is 0 Å². The summed E-state index contributed by atoms with van der Waals surface area (Å²) < 4.78 is 27.5. The van der Waals surface area contributed by atoms with Crippen LogP contribution >= 0.6 is 34.2 Å². The Hall–Kier alpha value is -2.34. The number of piperazine rings is 1. The number of carbonyl (C=O) groups is 1. The summed E-state index contributed by atoms with van der Waals surface area (Å²) in [6.45, 7) is 7.08. The van der Waals surface area contributed by atoms with Crippen molar-refractivity contribution in [2.24, 2.45) is 0 Å². The molecule has 0 aliphatic carbocycles. The van der Waals surface area contributed by atoms with Gasteiger partial charge in [0.15, 0.2) is 11.6 Å². The molecular weight excluding hydrogens is 635 g/mol. The molecule has 2 saturated heterocycles. The predicted molar refractivity (Wildman–Crippen MR) is 158 cm³/mol. The van der Waals surface area contributed by atoms with E-state index in [1.165, 1.54) is 24.5 Å². The van der Waals surface area contributed by atoms with E-state index in [4.69, 9.17) is 11.6 Å². The first-order chi connectivity index (χ1) is 18.9. The van der Waals surface area contributed by atoms with Crippen molar-refractivity contribution in [2.75, 3.05) is 44.2 Å². The first-order valence-electron chi connectivity index (χ1n) is 13.2. The number of nitrogens with one attached hydrogen (secondary N) is 1. The molecule has 1 amide bonds. The first-order valence-corrected chi connectivity index (χ1v) is 14.6. The smallest absolute Gasteiger partial charge is 0.253 e. The molecule has 2 fully saturated rings. The third-order valence-electron chi connectivity index (χ3n) is 7.53. The molecule has 1 aromatic heterocycles. The Balaban J connectivity index is 1.08. The summed E-state index contributed by atoms with van der Waals surface area (Å²) in [6.07, 6.45) is 3.94. The van der Waals surface area contributed by atoms with Crippen molar-refractivity contribution in [1.29, 1.82) is 0 Å². The molecule has 0 radical (unpaired) electrons. The maximum atomic E-state index is 13.4. The van der Waals surface area contributed by atoms with Crippen molar-refractivity contribution in [1.82, 2.24) is 20.1 Å². The monoisotopic (exact) mass is 665 g/mol.